The van der Waals surface area contributed by atoms with Crippen molar-refractivity contribution in [2.24, 2.45) is 5.73 Å². The fourth-order valence-electron chi connectivity index (χ4n) is 0.730. The number of esters is 1. The Morgan fingerprint density at radius 3 is 2.36 bits per heavy atom. The zero-order valence-corrected chi connectivity index (χ0v) is 8.32. The molecule has 5 heteroatoms. The maximum atomic E-state index is 11.1. The molecule has 0 fully saturated rings. The van der Waals surface area contributed by atoms with E-state index in [-0.39, 0.29) is 5.57 Å². The van der Waals surface area contributed by atoms with Gasteiger partial charge in [0.1, 0.15) is 0 Å². The van der Waals surface area contributed by atoms with Gasteiger partial charge in [0.25, 0.3) is 0 Å². The van der Waals surface area contributed by atoms with E-state index in [1.165, 1.54) is 20.0 Å². The Kier molecular flexibility index (Phi) is 4.42. The van der Waals surface area contributed by atoms with Crippen LogP contribution in [-0.2, 0) is 9.53 Å². The highest BCUT2D eigenvalue weighted by Crippen LogP contribution is 2.04. The second kappa shape index (κ2) is 5.06. The molecular weight excluding hydrogens is 184 g/mol. The predicted octanol–water partition coefficient (Wildman–Crippen LogP) is 0.976. The molecule has 5 nitrogen and oxygen atoms in total. The standard InChI is InChI=1S/C9H14N2O3/c1-5-11(9(10)13)7(4)14-8(12)6(2)3/h5,7H,1-2H2,3-4H3,(H2,10,13). The largest absolute Gasteiger partial charge is 0.438 e. The summed E-state index contributed by atoms with van der Waals surface area (Å²) in [6, 6.07) is -0.734. The van der Waals surface area contributed by atoms with Gasteiger partial charge >= 0.3 is 12.0 Å². The zero-order valence-electron chi connectivity index (χ0n) is 8.32. The average Bonchev–Trinajstić information content (AvgIpc) is 2.04. The molecule has 0 aromatic carbocycles. The molecule has 1 unspecified atom stereocenters. The second-order valence-corrected chi connectivity index (χ2v) is 2.71. The van der Waals surface area contributed by atoms with Crippen LogP contribution in [0, 0.1) is 0 Å². The fraction of sp³-hybridized carbons (Fsp3) is 0.333. The highest BCUT2D eigenvalue weighted by atomic mass is 16.6. The van der Waals surface area contributed by atoms with Gasteiger partial charge in [0, 0.05) is 11.8 Å². The Morgan fingerprint density at radius 2 is 2.07 bits per heavy atom. The third-order valence-electron chi connectivity index (χ3n) is 1.47. The van der Waals surface area contributed by atoms with E-state index >= 15 is 0 Å². The van der Waals surface area contributed by atoms with Gasteiger partial charge in [-0.15, -0.1) is 0 Å². The highest BCUT2D eigenvalue weighted by molar-refractivity contribution is 5.87. The molecule has 2 amide bonds. The van der Waals surface area contributed by atoms with Crippen LogP contribution in [0.25, 0.3) is 0 Å². The molecule has 0 radical (unpaired) electrons. The van der Waals surface area contributed by atoms with Crippen molar-refractivity contribution in [2.45, 2.75) is 20.1 Å². The normalized spacial score (nSPS) is 11.3. The van der Waals surface area contributed by atoms with Crippen molar-refractivity contribution < 1.29 is 14.3 Å². The summed E-state index contributed by atoms with van der Waals surface area (Å²) in [6.07, 6.45) is 0.410. The molecule has 0 rings (SSSR count). The molecule has 0 aromatic heterocycles. The molecule has 0 bridgehead atoms. The first kappa shape index (κ1) is 12.2. The van der Waals surface area contributed by atoms with Gasteiger partial charge in [-0.25, -0.2) is 9.59 Å². The number of nitrogens with zero attached hydrogens (tertiary/aromatic N) is 1. The van der Waals surface area contributed by atoms with Crippen LogP contribution in [0.3, 0.4) is 0 Å². The van der Waals surface area contributed by atoms with E-state index in [0.717, 1.165) is 4.90 Å². The first-order chi connectivity index (χ1) is 6.40. The Balaban J connectivity index is 4.38. The van der Waals surface area contributed by atoms with Crippen molar-refractivity contribution in [2.75, 3.05) is 0 Å². The van der Waals surface area contributed by atoms with E-state index in [2.05, 4.69) is 13.2 Å². The maximum absolute atomic E-state index is 11.1. The van der Waals surface area contributed by atoms with Crippen molar-refractivity contribution in [1.29, 1.82) is 0 Å². The van der Waals surface area contributed by atoms with E-state index in [1.54, 1.807) is 0 Å². The van der Waals surface area contributed by atoms with Gasteiger partial charge in [-0.05, 0) is 13.8 Å². The molecule has 0 aromatic rings. The van der Waals surface area contributed by atoms with Crippen LogP contribution in [0.4, 0.5) is 4.79 Å². The predicted molar refractivity (Wildman–Crippen MR) is 52.0 cm³/mol. The number of urea groups is 1. The summed E-state index contributed by atoms with van der Waals surface area (Å²) < 4.78 is 4.84. The van der Waals surface area contributed by atoms with Crippen LogP contribution in [0.1, 0.15) is 13.8 Å². The lowest BCUT2D eigenvalue weighted by Gasteiger charge is -2.23. The zero-order chi connectivity index (χ0) is 11.3. The van der Waals surface area contributed by atoms with Gasteiger partial charge in [-0.2, -0.15) is 0 Å². The number of primary amides is 1. The molecule has 2 N–H and O–H groups in total. The van der Waals surface area contributed by atoms with Crippen molar-refractivity contribution in [3.05, 3.63) is 24.9 Å². The summed E-state index contributed by atoms with van der Waals surface area (Å²) in [4.78, 5) is 22.8. The van der Waals surface area contributed by atoms with Crippen molar-refractivity contribution in [1.82, 2.24) is 4.90 Å². The van der Waals surface area contributed by atoms with Crippen LogP contribution in [-0.4, -0.2) is 23.1 Å². The average molecular weight is 198 g/mol. The van der Waals surface area contributed by atoms with Gasteiger partial charge in [0.2, 0.25) is 0 Å². The molecule has 0 saturated heterocycles. The van der Waals surface area contributed by atoms with Crippen LogP contribution in [0.2, 0.25) is 0 Å². The third-order valence-corrected chi connectivity index (χ3v) is 1.47. The van der Waals surface area contributed by atoms with E-state index in [1.807, 2.05) is 0 Å². The van der Waals surface area contributed by atoms with Crippen molar-refractivity contribution in [3.63, 3.8) is 0 Å². The minimum absolute atomic E-state index is 0.255. The molecule has 14 heavy (non-hydrogen) atoms. The first-order valence-corrected chi connectivity index (χ1v) is 3.97. The molecular formula is C9H14N2O3. The van der Waals surface area contributed by atoms with Crippen LogP contribution in [0.15, 0.2) is 24.9 Å². The maximum Gasteiger partial charge on any atom is 0.335 e. The van der Waals surface area contributed by atoms with Gasteiger partial charge < -0.3 is 10.5 Å². The Hall–Kier alpha value is -1.78. The number of ether oxygens (including phenoxy) is 1. The van der Waals surface area contributed by atoms with Crippen molar-refractivity contribution in [3.8, 4) is 0 Å². The van der Waals surface area contributed by atoms with Crippen molar-refractivity contribution >= 4 is 12.0 Å². The van der Waals surface area contributed by atoms with Gasteiger partial charge in [-0.1, -0.05) is 13.2 Å². The van der Waals surface area contributed by atoms with E-state index in [0.29, 0.717) is 0 Å². The second-order valence-electron chi connectivity index (χ2n) is 2.71. The van der Waals surface area contributed by atoms with E-state index < -0.39 is 18.2 Å². The number of nitrogens with two attached hydrogens (primary N) is 1. The van der Waals surface area contributed by atoms with Gasteiger partial charge in [0.15, 0.2) is 6.23 Å². The molecule has 0 aliphatic carbocycles. The SMILES string of the molecule is C=CN(C(N)=O)C(C)OC(=O)C(=C)C. The number of amides is 2. The van der Waals surface area contributed by atoms with Gasteiger partial charge in [-0.3, -0.25) is 4.90 Å². The minimum Gasteiger partial charge on any atom is -0.438 e. The monoisotopic (exact) mass is 198 g/mol. The summed E-state index contributed by atoms with van der Waals surface area (Å²) in [5, 5.41) is 0. The third kappa shape index (κ3) is 3.30. The number of carbonyl (C=O) groups is 2. The number of hydrogen-bond acceptors (Lipinski definition) is 3. The van der Waals surface area contributed by atoms with Crippen LogP contribution >= 0.6 is 0 Å². The Labute approximate surface area is 82.8 Å². The fourth-order valence-corrected chi connectivity index (χ4v) is 0.730. The summed E-state index contributed by atoms with van der Waals surface area (Å²) in [6.45, 7) is 9.79. The van der Waals surface area contributed by atoms with Crippen LogP contribution < -0.4 is 5.73 Å². The first-order valence-electron chi connectivity index (χ1n) is 3.97. The summed E-state index contributed by atoms with van der Waals surface area (Å²) in [7, 11) is 0. The summed E-state index contributed by atoms with van der Waals surface area (Å²) in [5.41, 5.74) is 5.26. The molecule has 0 heterocycles. The summed E-state index contributed by atoms with van der Waals surface area (Å²) >= 11 is 0. The summed E-state index contributed by atoms with van der Waals surface area (Å²) in [5.74, 6) is -0.578. The minimum atomic E-state index is -0.783. The Morgan fingerprint density at radius 1 is 1.57 bits per heavy atom. The molecule has 0 spiro atoms. The lowest BCUT2D eigenvalue weighted by molar-refractivity contribution is -0.148. The Bertz CT molecular complexity index is 273. The quantitative estimate of drug-likeness (QED) is 0.415. The molecule has 0 aliphatic heterocycles. The van der Waals surface area contributed by atoms with E-state index in [4.69, 9.17) is 10.5 Å². The highest BCUT2D eigenvalue weighted by Gasteiger charge is 2.18. The smallest absolute Gasteiger partial charge is 0.335 e. The van der Waals surface area contributed by atoms with E-state index in [9.17, 15) is 9.59 Å². The molecule has 78 valence electrons. The lowest BCUT2D eigenvalue weighted by atomic mass is 10.4. The lowest BCUT2D eigenvalue weighted by Crippen LogP contribution is -2.40. The van der Waals surface area contributed by atoms with Gasteiger partial charge in [0.05, 0.1) is 0 Å². The molecule has 0 saturated carbocycles. The molecule has 0 aliphatic rings. The van der Waals surface area contributed by atoms with Crippen LogP contribution in [0.5, 0.6) is 0 Å². The topological polar surface area (TPSA) is 72.6 Å². The number of carbonyl (C=O) groups excluding carboxylic acids is 2. The molecule has 1 atom stereocenters. The number of rotatable bonds is 4. The number of hydrogen-bond donors (Lipinski definition) is 1.